The Morgan fingerprint density at radius 3 is 2.34 bits per heavy atom. The second-order valence-electron chi connectivity index (χ2n) is 8.93. The van der Waals surface area contributed by atoms with Crippen LogP contribution in [0.3, 0.4) is 0 Å². The number of amides is 1. The largest absolute Gasteiger partial charge is 0.458 e. The second kappa shape index (κ2) is 8.81. The summed E-state index contributed by atoms with van der Waals surface area (Å²) in [5.41, 5.74) is 2.63. The molecule has 3 heterocycles. The van der Waals surface area contributed by atoms with Gasteiger partial charge in [0.25, 0.3) is 0 Å². The highest BCUT2D eigenvalue weighted by molar-refractivity contribution is 5.96. The number of ether oxygens (including phenoxy) is 1. The maximum atomic E-state index is 13.4. The SMILES string of the molecule is CC(C)OC(=O)c1cc2c(ccn2-c2ccc(F)cc2)n1CC(=O)N1[C@@H](C)CCC[C@@H]1C. The van der Waals surface area contributed by atoms with Crippen LogP contribution in [0.4, 0.5) is 4.39 Å². The van der Waals surface area contributed by atoms with Gasteiger partial charge in [0.1, 0.15) is 18.1 Å². The van der Waals surface area contributed by atoms with Gasteiger partial charge >= 0.3 is 5.97 Å². The number of carbonyl (C=O) groups excluding carboxylic acids is 2. The van der Waals surface area contributed by atoms with E-state index in [2.05, 4.69) is 13.8 Å². The number of esters is 1. The van der Waals surface area contributed by atoms with E-state index < -0.39 is 5.97 Å². The molecule has 2 atom stereocenters. The van der Waals surface area contributed by atoms with Gasteiger partial charge < -0.3 is 18.8 Å². The van der Waals surface area contributed by atoms with Crippen molar-refractivity contribution in [1.29, 1.82) is 0 Å². The zero-order valence-corrected chi connectivity index (χ0v) is 19.0. The lowest BCUT2D eigenvalue weighted by molar-refractivity contribution is -0.137. The van der Waals surface area contributed by atoms with Crippen LogP contribution in [0.25, 0.3) is 16.7 Å². The molecule has 0 N–H and O–H groups in total. The Balaban J connectivity index is 1.76. The Hall–Kier alpha value is -3.09. The topological polar surface area (TPSA) is 56.5 Å². The summed E-state index contributed by atoms with van der Waals surface area (Å²) in [6.45, 7) is 7.82. The number of halogens is 1. The number of fused-ring (bicyclic) bond motifs is 1. The quantitative estimate of drug-likeness (QED) is 0.530. The minimum Gasteiger partial charge on any atom is -0.458 e. The molecule has 6 nitrogen and oxygen atoms in total. The van der Waals surface area contributed by atoms with Crippen LogP contribution >= 0.6 is 0 Å². The number of benzene rings is 1. The average molecular weight is 440 g/mol. The van der Waals surface area contributed by atoms with Gasteiger partial charge in [-0.05, 0) is 83.4 Å². The fourth-order valence-electron chi connectivity index (χ4n) is 4.71. The van der Waals surface area contributed by atoms with Crippen LogP contribution in [0.15, 0.2) is 42.6 Å². The van der Waals surface area contributed by atoms with E-state index in [-0.39, 0.29) is 36.5 Å². The molecule has 170 valence electrons. The molecule has 7 heteroatoms. The van der Waals surface area contributed by atoms with Crippen LogP contribution in [-0.4, -0.2) is 44.1 Å². The molecule has 0 saturated carbocycles. The van der Waals surface area contributed by atoms with Crippen LogP contribution in [0.2, 0.25) is 0 Å². The molecule has 0 aliphatic carbocycles. The number of carbonyl (C=O) groups is 2. The molecule has 3 aromatic rings. The van der Waals surface area contributed by atoms with Crippen molar-refractivity contribution in [3.8, 4) is 5.69 Å². The minimum absolute atomic E-state index is 0.00432. The minimum atomic E-state index is -0.464. The average Bonchev–Trinajstić information content (AvgIpc) is 3.28. The Bertz CT molecular complexity index is 1120. The van der Waals surface area contributed by atoms with E-state index in [1.165, 1.54) is 12.1 Å². The second-order valence-corrected chi connectivity index (χ2v) is 8.93. The molecule has 1 fully saturated rings. The molecule has 1 aliphatic rings. The van der Waals surface area contributed by atoms with Gasteiger partial charge in [-0.25, -0.2) is 9.18 Å². The molecule has 0 spiro atoms. The first kappa shape index (κ1) is 22.1. The number of hydrogen-bond donors (Lipinski definition) is 0. The summed E-state index contributed by atoms with van der Waals surface area (Å²) in [4.78, 5) is 28.2. The first-order valence-electron chi connectivity index (χ1n) is 11.2. The zero-order chi connectivity index (χ0) is 23.0. The van der Waals surface area contributed by atoms with Crippen molar-refractivity contribution in [3.05, 3.63) is 54.1 Å². The van der Waals surface area contributed by atoms with E-state index in [1.54, 1.807) is 36.6 Å². The molecule has 0 radical (unpaired) electrons. The summed E-state index contributed by atoms with van der Waals surface area (Å²) in [5.74, 6) is -0.781. The van der Waals surface area contributed by atoms with Gasteiger partial charge in [0.05, 0.1) is 17.1 Å². The highest BCUT2D eigenvalue weighted by Gasteiger charge is 2.30. The first-order chi connectivity index (χ1) is 15.3. The zero-order valence-electron chi connectivity index (χ0n) is 19.0. The Morgan fingerprint density at radius 1 is 1.06 bits per heavy atom. The van der Waals surface area contributed by atoms with Crippen molar-refractivity contribution in [2.24, 2.45) is 0 Å². The van der Waals surface area contributed by atoms with E-state index in [9.17, 15) is 14.0 Å². The van der Waals surface area contributed by atoms with Crippen molar-refractivity contribution in [2.75, 3.05) is 0 Å². The van der Waals surface area contributed by atoms with Crippen molar-refractivity contribution < 1.29 is 18.7 Å². The van der Waals surface area contributed by atoms with Gasteiger partial charge in [-0.15, -0.1) is 0 Å². The standard InChI is InChI=1S/C25H30FN3O3/c1-16(2)32-25(31)23-14-22-21(12-13-27(22)20-10-8-19(26)9-11-20)28(23)15-24(30)29-17(3)6-5-7-18(29)4/h8-14,16-18H,5-7,15H2,1-4H3/t17-,18-/m0/s1. The molecule has 1 amide bonds. The van der Waals surface area contributed by atoms with Crippen molar-refractivity contribution in [3.63, 3.8) is 0 Å². The number of rotatable bonds is 5. The third kappa shape index (κ3) is 4.16. The van der Waals surface area contributed by atoms with E-state index in [0.29, 0.717) is 5.69 Å². The first-order valence-corrected chi connectivity index (χ1v) is 11.2. The Labute approximate surface area is 187 Å². The van der Waals surface area contributed by atoms with Crippen molar-refractivity contribution in [1.82, 2.24) is 14.0 Å². The van der Waals surface area contributed by atoms with Crippen molar-refractivity contribution in [2.45, 2.75) is 71.7 Å². The maximum absolute atomic E-state index is 13.4. The third-order valence-corrected chi connectivity index (χ3v) is 6.19. The van der Waals surface area contributed by atoms with Crippen molar-refractivity contribution >= 4 is 22.9 Å². The molecule has 1 aliphatic heterocycles. The number of aromatic nitrogens is 2. The lowest BCUT2D eigenvalue weighted by atomic mass is 9.97. The van der Waals surface area contributed by atoms with Gasteiger partial charge in [-0.2, -0.15) is 0 Å². The predicted molar refractivity (Wildman–Crippen MR) is 121 cm³/mol. The highest BCUT2D eigenvalue weighted by Crippen LogP contribution is 2.28. The molecule has 0 unspecified atom stereocenters. The van der Waals surface area contributed by atoms with E-state index in [0.717, 1.165) is 36.0 Å². The van der Waals surface area contributed by atoms with Gasteiger partial charge in [0.15, 0.2) is 0 Å². The Morgan fingerprint density at radius 2 is 1.72 bits per heavy atom. The summed E-state index contributed by atoms with van der Waals surface area (Å²) in [5, 5.41) is 0. The maximum Gasteiger partial charge on any atom is 0.355 e. The monoisotopic (exact) mass is 439 g/mol. The van der Waals surface area contributed by atoms with E-state index >= 15 is 0 Å². The fourth-order valence-corrected chi connectivity index (χ4v) is 4.71. The molecule has 1 aromatic carbocycles. The number of nitrogens with zero attached hydrogens (tertiary/aromatic N) is 3. The lowest BCUT2D eigenvalue weighted by Crippen LogP contribution is -2.48. The summed E-state index contributed by atoms with van der Waals surface area (Å²) in [6, 6.07) is 10.1. The number of likely N-dealkylation sites (tertiary alicyclic amines) is 1. The smallest absolute Gasteiger partial charge is 0.355 e. The molecule has 2 aromatic heterocycles. The molecule has 1 saturated heterocycles. The highest BCUT2D eigenvalue weighted by atomic mass is 19.1. The molecular weight excluding hydrogens is 409 g/mol. The van der Waals surface area contributed by atoms with Crippen LogP contribution in [-0.2, 0) is 16.1 Å². The van der Waals surface area contributed by atoms with Gasteiger partial charge in [-0.1, -0.05) is 0 Å². The van der Waals surface area contributed by atoms with Crippen LogP contribution in [0.5, 0.6) is 0 Å². The summed E-state index contributed by atoms with van der Waals surface area (Å²) < 4.78 is 22.5. The Kier molecular flexibility index (Phi) is 6.09. The molecule has 0 bridgehead atoms. The summed E-state index contributed by atoms with van der Waals surface area (Å²) >= 11 is 0. The normalized spacial score (nSPS) is 19.0. The number of piperidine rings is 1. The van der Waals surface area contributed by atoms with E-state index in [4.69, 9.17) is 4.74 Å². The predicted octanol–water partition coefficient (Wildman–Crippen LogP) is 4.93. The summed E-state index contributed by atoms with van der Waals surface area (Å²) in [6.07, 6.45) is 4.68. The van der Waals surface area contributed by atoms with Gasteiger partial charge in [0, 0.05) is 24.0 Å². The van der Waals surface area contributed by atoms with Crippen LogP contribution in [0.1, 0.15) is 57.4 Å². The van der Waals surface area contributed by atoms with Crippen LogP contribution < -0.4 is 0 Å². The molecular formula is C25H30FN3O3. The fraction of sp³-hybridized carbons (Fsp3) is 0.440. The number of hydrogen-bond acceptors (Lipinski definition) is 3. The van der Waals surface area contributed by atoms with Gasteiger partial charge in [-0.3, -0.25) is 4.79 Å². The van der Waals surface area contributed by atoms with E-state index in [1.807, 2.05) is 21.7 Å². The summed E-state index contributed by atoms with van der Waals surface area (Å²) in [7, 11) is 0. The lowest BCUT2D eigenvalue weighted by Gasteiger charge is -2.39. The molecule has 32 heavy (non-hydrogen) atoms. The van der Waals surface area contributed by atoms with Crippen LogP contribution in [0, 0.1) is 5.82 Å². The third-order valence-electron chi connectivity index (χ3n) is 6.19. The molecule has 4 rings (SSSR count). The van der Waals surface area contributed by atoms with Gasteiger partial charge in [0.2, 0.25) is 5.91 Å².